The summed E-state index contributed by atoms with van der Waals surface area (Å²) in [5.41, 5.74) is 2.74. The second-order valence-electron chi connectivity index (χ2n) is 9.45. The van der Waals surface area contributed by atoms with Crippen molar-refractivity contribution in [3.05, 3.63) is 59.1 Å². The van der Waals surface area contributed by atoms with Crippen molar-refractivity contribution in [1.29, 1.82) is 0 Å². The molecular formula is C25H31ClN4O2. The van der Waals surface area contributed by atoms with E-state index in [2.05, 4.69) is 33.0 Å². The van der Waals surface area contributed by atoms with Crippen LogP contribution in [0.1, 0.15) is 39.2 Å². The second kappa shape index (κ2) is 9.41. The standard InChI is InChI=1S/C25H31ClN4O2/c1-25(2,3)32-24(31)27-15-19-9-7-13-29(16-19)23-28-21-11-4-5-12-22(21)30(23)17-18-8-6-10-20(26)14-18/h4-6,8,10-12,14,19H,7,9,13,15-17H2,1-3H3,(H,27,31). The molecule has 170 valence electrons. The molecule has 0 bridgehead atoms. The molecule has 2 aromatic carbocycles. The number of halogens is 1. The summed E-state index contributed by atoms with van der Waals surface area (Å²) in [5, 5.41) is 3.67. The molecule has 32 heavy (non-hydrogen) atoms. The van der Waals surface area contributed by atoms with Gasteiger partial charge in [-0.05, 0) is 69.4 Å². The maximum atomic E-state index is 12.1. The molecule has 0 spiro atoms. The fraction of sp³-hybridized carbons (Fsp3) is 0.440. The first kappa shape index (κ1) is 22.5. The normalized spacial score (nSPS) is 16.9. The Bertz CT molecular complexity index is 1090. The number of imidazole rings is 1. The number of benzene rings is 2. The third-order valence-electron chi connectivity index (χ3n) is 5.60. The highest BCUT2D eigenvalue weighted by atomic mass is 35.5. The highest BCUT2D eigenvalue weighted by Gasteiger charge is 2.25. The summed E-state index contributed by atoms with van der Waals surface area (Å²) in [6.45, 7) is 8.71. The molecule has 6 nitrogen and oxygen atoms in total. The number of hydrogen-bond donors (Lipinski definition) is 1. The van der Waals surface area contributed by atoms with Gasteiger partial charge in [-0.3, -0.25) is 0 Å². The third-order valence-corrected chi connectivity index (χ3v) is 5.84. The summed E-state index contributed by atoms with van der Waals surface area (Å²) in [5.74, 6) is 1.31. The van der Waals surface area contributed by atoms with E-state index in [1.54, 1.807) is 0 Å². The monoisotopic (exact) mass is 454 g/mol. The molecule has 4 rings (SSSR count). The largest absolute Gasteiger partial charge is 0.444 e. The predicted octanol–water partition coefficient (Wildman–Crippen LogP) is 5.48. The highest BCUT2D eigenvalue weighted by Crippen LogP contribution is 2.28. The van der Waals surface area contributed by atoms with Gasteiger partial charge < -0.3 is 19.5 Å². The quantitative estimate of drug-likeness (QED) is 0.554. The zero-order valence-corrected chi connectivity index (χ0v) is 19.7. The Morgan fingerprint density at radius 2 is 2.03 bits per heavy atom. The summed E-state index contributed by atoms with van der Waals surface area (Å²) < 4.78 is 7.65. The lowest BCUT2D eigenvalue weighted by Gasteiger charge is -2.34. The van der Waals surface area contributed by atoms with Crippen molar-refractivity contribution in [2.45, 2.75) is 45.8 Å². The van der Waals surface area contributed by atoms with E-state index in [1.165, 1.54) is 0 Å². The zero-order valence-electron chi connectivity index (χ0n) is 19.0. The van der Waals surface area contributed by atoms with E-state index >= 15 is 0 Å². The summed E-state index contributed by atoms with van der Waals surface area (Å²) in [4.78, 5) is 19.4. The number of para-hydroxylation sites is 2. The lowest BCUT2D eigenvalue weighted by molar-refractivity contribution is 0.0517. The molecular weight excluding hydrogens is 424 g/mol. The van der Waals surface area contributed by atoms with E-state index in [9.17, 15) is 4.79 Å². The summed E-state index contributed by atoms with van der Waals surface area (Å²) >= 11 is 6.23. The number of ether oxygens (including phenoxy) is 1. The van der Waals surface area contributed by atoms with Gasteiger partial charge in [-0.25, -0.2) is 9.78 Å². The average molecular weight is 455 g/mol. The Morgan fingerprint density at radius 3 is 2.81 bits per heavy atom. The van der Waals surface area contributed by atoms with Crippen LogP contribution in [0, 0.1) is 5.92 Å². The Balaban J connectivity index is 1.53. The van der Waals surface area contributed by atoms with E-state index in [0.717, 1.165) is 53.5 Å². The van der Waals surface area contributed by atoms with Gasteiger partial charge in [-0.15, -0.1) is 0 Å². The van der Waals surface area contributed by atoms with Crippen LogP contribution in [0.25, 0.3) is 11.0 Å². The van der Waals surface area contributed by atoms with Gasteiger partial charge in [0.1, 0.15) is 5.60 Å². The van der Waals surface area contributed by atoms with Crippen molar-refractivity contribution in [3.8, 4) is 0 Å². The number of carbonyl (C=O) groups is 1. The number of alkyl carbamates (subject to hydrolysis) is 1. The number of aromatic nitrogens is 2. The van der Waals surface area contributed by atoms with Gasteiger partial charge in [0, 0.05) is 24.7 Å². The SMILES string of the molecule is CC(C)(C)OC(=O)NCC1CCCN(c2nc3ccccc3n2Cc2cccc(Cl)c2)C1. The maximum Gasteiger partial charge on any atom is 0.407 e. The number of fused-ring (bicyclic) bond motifs is 1. The second-order valence-corrected chi connectivity index (χ2v) is 9.89. The number of nitrogens with zero attached hydrogens (tertiary/aromatic N) is 3. The molecule has 3 aromatic rings. The molecule has 1 aliphatic rings. The van der Waals surface area contributed by atoms with Gasteiger partial charge in [0.2, 0.25) is 5.95 Å². The Kier molecular flexibility index (Phi) is 6.60. The van der Waals surface area contributed by atoms with Crippen LogP contribution >= 0.6 is 11.6 Å². The van der Waals surface area contributed by atoms with Crippen molar-refractivity contribution in [1.82, 2.24) is 14.9 Å². The van der Waals surface area contributed by atoms with Crippen LogP contribution in [-0.2, 0) is 11.3 Å². The molecule has 1 aromatic heterocycles. The van der Waals surface area contributed by atoms with Gasteiger partial charge in [0.05, 0.1) is 17.6 Å². The fourth-order valence-electron chi connectivity index (χ4n) is 4.23. The molecule has 7 heteroatoms. The van der Waals surface area contributed by atoms with E-state index in [4.69, 9.17) is 21.3 Å². The highest BCUT2D eigenvalue weighted by molar-refractivity contribution is 6.30. The minimum absolute atomic E-state index is 0.343. The fourth-order valence-corrected chi connectivity index (χ4v) is 4.45. The van der Waals surface area contributed by atoms with Crippen molar-refractivity contribution in [2.24, 2.45) is 5.92 Å². The maximum absolute atomic E-state index is 12.1. The van der Waals surface area contributed by atoms with Gasteiger partial charge >= 0.3 is 6.09 Å². The molecule has 1 atom stereocenters. The predicted molar refractivity (Wildman–Crippen MR) is 129 cm³/mol. The minimum atomic E-state index is -0.492. The summed E-state index contributed by atoms with van der Waals surface area (Å²) in [6, 6.07) is 16.2. The first-order chi connectivity index (χ1) is 15.3. The molecule has 2 heterocycles. The van der Waals surface area contributed by atoms with Crippen molar-refractivity contribution in [2.75, 3.05) is 24.5 Å². The number of anilines is 1. The molecule has 0 aliphatic carbocycles. The van der Waals surface area contributed by atoms with Crippen LogP contribution in [0.2, 0.25) is 5.02 Å². The molecule has 0 saturated carbocycles. The number of piperidine rings is 1. The van der Waals surface area contributed by atoms with Crippen LogP contribution in [0.5, 0.6) is 0 Å². The van der Waals surface area contributed by atoms with Crippen LogP contribution in [0.3, 0.4) is 0 Å². The molecule has 0 radical (unpaired) electrons. The van der Waals surface area contributed by atoms with E-state index in [-0.39, 0.29) is 6.09 Å². The lowest BCUT2D eigenvalue weighted by atomic mass is 9.98. The molecule has 1 unspecified atom stereocenters. The number of hydrogen-bond acceptors (Lipinski definition) is 4. The Morgan fingerprint density at radius 1 is 1.22 bits per heavy atom. The number of rotatable bonds is 5. The third kappa shape index (κ3) is 5.54. The topological polar surface area (TPSA) is 59.4 Å². The summed E-state index contributed by atoms with van der Waals surface area (Å²) in [7, 11) is 0. The molecule has 1 amide bonds. The van der Waals surface area contributed by atoms with Gasteiger partial charge in [0.15, 0.2) is 0 Å². The Hall–Kier alpha value is -2.73. The van der Waals surface area contributed by atoms with Crippen LogP contribution in [-0.4, -0.2) is 40.9 Å². The zero-order chi connectivity index (χ0) is 22.7. The lowest BCUT2D eigenvalue weighted by Crippen LogP contribution is -2.43. The van der Waals surface area contributed by atoms with Crippen LogP contribution in [0.4, 0.5) is 10.7 Å². The molecule has 1 fully saturated rings. The van der Waals surface area contributed by atoms with E-state index < -0.39 is 5.60 Å². The van der Waals surface area contributed by atoms with Crippen LogP contribution < -0.4 is 10.2 Å². The summed E-state index contributed by atoms with van der Waals surface area (Å²) in [6.07, 6.45) is 1.77. The number of carbonyl (C=O) groups excluding carboxylic acids is 1. The number of amides is 1. The van der Waals surface area contributed by atoms with E-state index in [1.807, 2.05) is 51.1 Å². The number of nitrogens with one attached hydrogen (secondary N) is 1. The van der Waals surface area contributed by atoms with Gasteiger partial charge in [0.25, 0.3) is 0 Å². The first-order valence-corrected chi connectivity index (χ1v) is 11.6. The van der Waals surface area contributed by atoms with Crippen molar-refractivity contribution < 1.29 is 9.53 Å². The van der Waals surface area contributed by atoms with Crippen molar-refractivity contribution >= 4 is 34.7 Å². The van der Waals surface area contributed by atoms with Crippen molar-refractivity contribution in [3.63, 3.8) is 0 Å². The smallest absolute Gasteiger partial charge is 0.407 e. The van der Waals surface area contributed by atoms with Gasteiger partial charge in [-0.2, -0.15) is 0 Å². The van der Waals surface area contributed by atoms with E-state index in [0.29, 0.717) is 19.0 Å². The van der Waals surface area contributed by atoms with Gasteiger partial charge in [-0.1, -0.05) is 35.9 Å². The molecule has 1 saturated heterocycles. The molecule has 1 aliphatic heterocycles. The average Bonchev–Trinajstić information content (AvgIpc) is 3.10. The Labute approximate surface area is 194 Å². The minimum Gasteiger partial charge on any atom is -0.444 e. The molecule has 1 N–H and O–H groups in total. The first-order valence-electron chi connectivity index (χ1n) is 11.2. The van der Waals surface area contributed by atoms with Crippen LogP contribution in [0.15, 0.2) is 48.5 Å².